The van der Waals surface area contributed by atoms with Crippen molar-refractivity contribution in [1.82, 2.24) is 4.90 Å². The highest BCUT2D eigenvalue weighted by Gasteiger charge is 2.10. The quantitative estimate of drug-likeness (QED) is 0.675. The molecule has 0 saturated heterocycles. The first kappa shape index (κ1) is 15.7. The lowest BCUT2D eigenvalue weighted by Gasteiger charge is -2.22. The summed E-state index contributed by atoms with van der Waals surface area (Å²) in [7, 11) is 1.44. The van der Waals surface area contributed by atoms with Gasteiger partial charge < -0.3 is 4.74 Å². The SMILES string of the molecule is CCCN(CCC)Cc1ccccc1CC(=O)OC. The van der Waals surface area contributed by atoms with E-state index in [0.717, 1.165) is 38.0 Å². The van der Waals surface area contributed by atoms with Gasteiger partial charge in [0.1, 0.15) is 0 Å². The standard InChI is InChI=1S/C16H25NO2/c1-4-10-17(11-5-2)13-15-9-7-6-8-14(15)12-16(18)19-3/h6-9H,4-5,10-13H2,1-3H3. The van der Waals surface area contributed by atoms with Gasteiger partial charge in [0.05, 0.1) is 13.5 Å². The Morgan fingerprint density at radius 3 is 2.21 bits per heavy atom. The molecule has 0 aromatic heterocycles. The monoisotopic (exact) mass is 263 g/mol. The van der Waals surface area contributed by atoms with Gasteiger partial charge in [-0.05, 0) is 37.1 Å². The molecule has 3 heteroatoms. The van der Waals surface area contributed by atoms with Gasteiger partial charge in [-0.25, -0.2) is 0 Å². The van der Waals surface area contributed by atoms with E-state index in [9.17, 15) is 4.79 Å². The van der Waals surface area contributed by atoms with Crippen molar-refractivity contribution in [3.63, 3.8) is 0 Å². The van der Waals surface area contributed by atoms with E-state index < -0.39 is 0 Å². The number of methoxy groups -OCH3 is 1. The average Bonchev–Trinajstić information content (AvgIpc) is 2.41. The van der Waals surface area contributed by atoms with Gasteiger partial charge in [-0.2, -0.15) is 0 Å². The molecule has 1 aromatic rings. The number of carbonyl (C=O) groups is 1. The zero-order chi connectivity index (χ0) is 14.1. The van der Waals surface area contributed by atoms with Crippen LogP contribution in [0.3, 0.4) is 0 Å². The predicted octanol–water partition coefficient (Wildman–Crippen LogP) is 3.02. The molecule has 106 valence electrons. The molecule has 3 nitrogen and oxygen atoms in total. The minimum Gasteiger partial charge on any atom is -0.469 e. The van der Waals surface area contributed by atoms with Crippen LogP contribution in [0.25, 0.3) is 0 Å². The van der Waals surface area contributed by atoms with Crippen LogP contribution < -0.4 is 0 Å². The molecule has 0 spiro atoms. The van der Waals surface area contributed by atoms with E-state index in [1.165, 1.54) is 12.7 Å². The highest BCUT2D eigenvalue weighted by atomic mass is 16.5. The molecule has 0 amide bonds. The summed E-state index contributed by atoms with van der Waals surface area (Å²) < 4.78 is 4.76. The third kappa shape index (κ3) is 5.43. The Labute approximate surface area is 116 Å². The predicted molar refractivity (Wildman–Crippen MR) is 78.0 cm³/mol. The highest BCUT2D eigenvalue weighted by Crippen LogP contribution is 2.13. The van der Waals surface area contributed by atoms with Gasteiger partial charge in [-0.15, -0.1) is 0 Å². The molecule has 0 radical (unpaired) electrons. The molecule has 0 fully saturated rings. The zero-order valence-corrected chi connectivity index (χ0v) is 12.3. The summed E-state index contributed by atoms with van der Waals surface area (Å²) in [4.78, 5) is 13.9. The van der Waals surface area contributed by atoms with Gasteiger partial charge in [0.25, 0.3) is 0 Å². The molecule has 0 atom stereocenters. The van der Waals surface area contributed by atoms with Crippen molar-refractivity contribution in [2.24, 2.45) is 0 Å². The van der Waals surface area contributed by atoms with Crippen molar-refractivity contribution in [3.05, 3.63) is 35.4 Å². The first-order chi connectivity index (χ1) is 9.21. The maximum Gasteiger partial charge on any atom is 0.309 e. The highest BCUT2D eigenvalue weighted by molar-refractivity contribution is 5.72. The second-order valence-corrected chi connectivity index (χ2v) is 4.80. The van der Waals surface area contributed by atoms with Gasteiger partial charge in [0.2, 0.25) is 0 Å². The van der Waals surface area contributed by atoms with Crippen molar-refractivity contribution >= 4 is 5.97 Å². The van der Waals surface area contributed by atoms with E-state index in [0.29, 0.717) is 6.42 Å². The van der Waals surface area contributed by atoms with Crippen LogP contribution in [0.4, 0.5) is 0 Å². The first-order valence-corrected chi connectivity index (χ1v) is 7.07. The summed E-state index contributed by atoms with van der Waals surface area (Å²) >= 11 is 0. The van der Waals surface area contributed by atoms with Crippen LogP contribution in [0.2, 0.25) is 0 Å². The number of esters is 1. The number of hydrogen-bond acceptors (Lipinski definition) is 3. The van der Waals surface area contributed by atoms with Gasteiger partial charge in [0, 0.05) is 6.54 Å². The Hall–Kier alpha value is -1.35. The lowest BCUT2D eigenvalue weighted by atomic mass is 10.0. The summed E-state index contributed by atoms with van der Waals surface area (Å²) in [6, 6.07) is 8.14. The van der Waals surface area contributed by atoms with Crippen LogP contribution in [0.15, 0.2) is 24.3 Å². The summed E-state index contributed by atoms with van der Waals surface area (Å²) in [5.74, 6) is -0.176. The van der Waals surface area contributed by atoms with Crippen molar-refractivity contribution < 1.29 is 9.53 Å². The van der Waals surface area contributed by atoms with Crippen LogP contribution in [0.5, 0.6) is 0 Å². The maximum absolute atomic E-state index is 11.4. The smallest absolute Gasteiger partial charge is 0.309 e. The molecule has 0 bridgehead atoms. The fourth-order valence-corrected chi connectivity index (χ4v) is 2.26. The van der Waals surface area contributed by atoms with Crippen LogP contribution in [-0.4, -0.2) is 31.1 Å². The van der Waals surface area contributed by atoms with E-state index in [-0.39, 0.29) is 5.97 Å². The second kappa shape index (κ2) is 8.70. The van der Waals surface area contributed by atoms with Crippen LogP contribution in [0, 0.1) is 0 Å². The minimum absolute atomic E-state index is 0.176. The third-order valence-corrected chi connectivity index (χ3v) is 3.15. The molecule has 1 aromatic carbocycles. The Balaban J connectivity index is 2.77. The van der Waals surface area contributed by atoms with Gasteiger partial charge in [-0.3, -0.25) is 9.69 Å². The molecular formula is C16H25NO2. The normalized spacial score (nSPS) is 10.7. The fraction of sp³-hybridized carbons (Fsp3) is 0.562. The molecule has 1 rings (SSSR count). The average molecular weight is 263 g/mol. The number of nitrogens with zero attached hydrogens (tertiary/aromatic N) is 1. The Morgan fingerprint density at radius 1 is 1.11 bits per heavy atom. The lowest BCUT2D eigenvalue weighted by molar-refractivity contribution is -0.139. The Bertz CT molecular complexity index is 384. The van der Waals surface area contributed by atoms with Crippen LogP contribution in [0.1, 0.15) is 37.8 Å². The molecular weight excluding hydrogens is 238 g/mol. The van der Waals surface area contributed by atoms with Gasteiger partial charge in [0.15, 0.2) is 0 Å². The van der Waals surface area contributed by atoms with Crippen LogP contribution >= 0.6 is 0 Å². The summed E-state index contributed by atoms with van der Waals surface area (Å²) in [5.41, 5.74) is 2.31. The molecule has 0 N–H and O–H groups in total. The zero-order valence-electron chi connectivity index (χ0n) is 12.3. The molecule has 19 heavy (non-hydrogen) atoms. The van der Waals surface area contributed by atoms with E-state index in [1.54, 1.807) is 0 Å². The van der Waals surface area contributed by atoms with E-state index >= 15 is 0 Å². The summed E-state index contributed by atoms with van der Waals surface area (Å²) in [5, 5.41) is 0. The van der Waals surface area contributed by atoms with Crippen molar-refractivity contribution in [2.45, 2.75) is 39.7 Å². The number of ether oxygens (including phenoxy) is 1. The first-order valence-electron chi connectivity index (χ1n) is 7.07. The number of benzene rings is 1. The molecule has 0 saturated carbocycles. The van der Waals surface area contributed by atoms with Gasteiger partial charge >= 0.3 is 5.97 Å². The van der Waals surface area contributed by atoms with Gasteiger partial charge in [-0.1, -0.05) is 38.1 Å². The summed E-state index contributed by atoms with van der Waals surface area (Å²) in [6.07, 6.45) is 2.66. The number of carbonyl (C=O) groups excluding carboxylic acids is 1. The molecule has 0 aliphatic heterocycles. The maximum atomic E-state index is 11.4. The molecule has 0 unspecified atom stereocenters. The van der Waals surface area contributed by atoms with E-state index in [2.05, 4.69) is 24.8 Å². The topological polar surface area (TPSA) is 29.5 Å². The lowest BCUT2D eigenvalue weighted by Crippen LogP contribution is -2.25. The van der Waals surface area contributed by atoms with Crippen molar-refractivity contribution in [1.29, 1.82) is 0 Å². The van der Waals surface area contributed by atoms with E-state index in [4.69, 9.17) is 4.74 Å². The third-order valence-electron chi connectivity index (χ3n) is 3.15. The molecule has 0 heterocycles. The minimum atomic E-state index is -0.176. The molecule has 0 aliphatic carbocycles. The Kier molecular flexibility index (Phi) is 7.19. The number of rotatable bonds is 8. The number of hydrogen-bond donors (Lipinski definition) is 0. The Morgan fingerprint density at radius 2 is 1.68 bits per heavy atom. The fourth-order valence-electron chi connectivity index (χ4n) is 2.26. The van der Waals surface area contributed by atoms with Crippen LogP contribution in [-0.2, 0) is 22.5 Å². The van der Waals surface area contributed by atoms with Crippen molar-refractivity contribution in [2.75, 3.05) is 20.2 Å². The molecule has 0 aliphatic rings. The summed E-state index contributed by atoms with van der Waals surface area (Å²) in [6.45, 7) is 7.50. The second-order valence-electron chi connectivity index (χ2n) is 4.80. The largest absolute Gasteiger partial charge is 0.469 e. The van der Waals surface area contributed by atoms with E-state index in [1.807, 2.05) is 18.2 Å². The van der Waals surface area contributed by atoms with Crippen molar-refractivity contribution in [3.8, 4) is 0 Å².